The average Bonchev–Trinajstić information content (AvgIpc) is 2.52. The smallest absolute Gasteiger partial charge is 0.325 e. The number of hydrogen-bond acceptors (Lipinski definition) is 3. The first-order valence-electron chi connectivity index (χ1n) is 6.49. The molecule has 0 unspecified atom stereocenters. The van der Waals surface area contributed by atoms with E-state index in [0.717, 1.165) is 6.07 Å². The third-order valence-corrected chi connectivity index (χ3v) is 2.83. The van der Waals surface area contributed by atoms with Crippen LogP contribution in [0.25, 0.3) is 0 Å². The number of carbonyl (C=O) groups is 2. The number of ether oxygens (including phenoxy) is 1. The van der Waals surface area contributed by atoms with E-state index in [4.69, 9.17) is 4.74 Å². The quantitative estimate of drug-likeness (QED) is 0.863. The number of carbonyl (C=O) groups excluding carboxylic acids is 2. The SMILES string of the molecule is O=C(CNC(=O)c1cccc(F)c1)OCc1ccccc1F. The minimum atomic E-state index is -0.715. The first-order valence-corrected chi connectivity index (χ1v) is 6.49. The summed E-state index contributed by atoms with van der Waals surface area (Å²) in [6.07, 6.45) is 0. The van der Waals surface area contributed by atoms with Crippen LogP contribution in [0.5, 0.6) is 0 Å². The first-order chi connectivity index (χ1) is 10.6. The zero-order chi connectivity index (χ0) is 15.9. The highest BCUT2D eigenvalue weighted by molar-refractivity contribution is 5.95. The van der Waals surface area contributed by atoms with Gasteiger partial charge in [-0.15, -0.1) is 0 Å². The summed E-state index contributed by atoms with van der Waals surface area (Å²) in [4.78, 5) is 23.2. The van der Waals surface area contributed by atoms with E-state index in [1.807, 2.05) is 0 Å². The number of rotatable bonds is 5. The van der Waals surface area contributed by atoms with Gasteiger partial charge < -0.3 is 10.1 Å². The molecule has 22 heavy (non-hydrogen) atoms. The predicted octanol–water partition coefficient (Wildman–Crippen LogP) is 2.44. The molecule has 2 rings (SSSR count). The molecule has 0 aliphatic carbocycles. The number of benzene rings is 2. The van der Waals surface area contributed by atoms with Gasteiger partial charge in [0.15, 0.2) is 0 Å². The fourth-order valence-corrected chi connectivity index (χ4v) is 1.71. The van der Waals surface area contributed by atoms with Gasteiger partial charge in [-0.05, 0) is 24.3 Å². The summed E-state index contributed by atoms with van der Waals surface area (Å²) in [6, 6.07) is 11.0. The van der Waals surface area contributed by atoms with Gasteiger partial charge in [-0.2, -0.15) is 0 Å². The van der Waals surface area contributed by atoms with Crippen LogP contribution in [0.3, 0.4) is 0 Å². The molecule has 2 aromatic rings. The first kappa shape index (κ1) is 15.6. The Hall–Kier alpha value is -2.76. The Labute approximate surface area is 125 Å². The van der Waals surface area contributed by atoms with Crippen LogP contribution in [0.4, 0.5) is 8.78 Å². The van der Waals surface area contributed by atoms with Crippen molar-refractivity contribution in [1.29, 1.82) is 0 Å². The normalized spacial score (nSPS) is 10.1. The van der Waals surface area contributed by atoms with Crippen molar-refractivity contribution in [2.24, 2.45) is 0 Å². The number of hydrogen-bond donors (Lipinski definition) is 1. The Balaban J connectivity index is 1.81. The van der Waals surface area contributed by atoms with Crippen LogP contribution in [0.15, 0.2) is 48.5 Å². The topological polar surface area (TPSA) is 55.4 Å². The molecule has 0 heterocycles. The zero-order valence-corrected chi connectivity index (χ0v) is 11.5. The number of esters is 1. The van der Waals surface area contributed by atoms with Gasteiger partial charge in [0.05, 0.1) is 0 Å². The van der Waals surface area contributed by atoms with Gasteiger partial charge in [0.2, 0.25) is 0 Å². The van der Waals surface area contributed by atoms with Gasteiger partial charge in [-0.3, -0.25) is 9.59 Å². The molecule has 0 spiro atoms. The zero-order valence-electron chi connectivity index (χ0n) is 11.5. The summed E-state index contributed by atoms with van der Waals surface area (Å²) >= 11 is 0. The molecule has 0 aliphatic rings. The second-order valence-corrected chi connectivity index (χ2v) is 4.45. The van der Waals surface area contributed by atoms with Crippen molar-refractivity contribution in [2.45, 2.75) is 6.61 Å². The van der Waals surface area contributed by atoms with Crippen molar-refractivity contribution in [3.8, 4) is 0 Å². The van der Waals surface area contributed by atoms with E-state index < -0.39 is 23.5 Å². The monoisotopic (exact) mass is 305 g/mol. The van der Waals surface area contributed by atoms with Crippen molar-refractivity contribution >= 4 is 11.9 Å². The van der Waals surface area contributed by atoms with Crippen LogP contribution in [0.2, 0.25) is 0 Å². The van der Waals surface area contributed by atoms with Gasteiger partial charge in [0, 0.05) is 11.1 Å². The lowest BCUT2D eigenvalue weighted by atomic mass is 10.2. The van der Waals surface area contributed by atoms with E-state index in [2.05, 4.69) is 5.32 Å². The molecule has 6 heteroatoms. The lowest BCUT2D eigenvalue weighted by Crippen LogP contribution is -2.30. The molecular formula is C16H13F2NO3. The molecule has 0 saturated carbocycles. The molecule has 2 aromatic carbocycles. The molecule has 0 atom stereocenters. The third-order valence-electron chi connectivity index (χ3n) is 2.83. The highest BCUT2D eigenvalue weighted by atomic mass is 19.1. The predicted molar refractivity (Wildman–Crippen MR) is 74.9 cm³/mol. The van der Waals surface area contributed by atoms with Crippen LogP contribution in [0, 0.1) is 11.6 Å². The molecular weight excluding hydrogens is 292 g/mol. The third kappa shape index (κ3) is 4.37. The van der Waals surface area contributed by atoms with E-state index in [1.54, 1.807) is 6.07 Å². The van der Waals surface area contributed by atoms with E-state index in [0.29, 0.717) is 0 Å². The Morgan fingerprint density at radius 2 is 1.82 bits per heavy atom. The van der Waals surface area contributed by atoms with Gasteiger partial charge in [0.25, 0.3) is 5.91 Å². The molecule has 4 nitrogen and oxygen atoms in total. The minimum absolute atomic E-state index is 0.0990. The standard InChI is InChI=1S/C16H13F2NO3/c17-13-6-3-5-11(8-13)16(21)19-9-15(20)22-10-12-4-1-2-7-14(12)18/h1-8H,9-10H2,(H,19,21). The second-order valence-electron chi connectivity index (χ2n) is 4.45. The summed E-state index contributed by atoms with van der Waals surface area (Å²) in [7, 11) is 0. The molecule has 114 valence electrons. The van der Waals surface area contributed by atoms with Crippen LogP contribution in [-0.4, -0.2) is 18.4 Å². The fraction of sp³-hybridized carbons (Fsp3) is 0.125. The Bertz CT molecular complexity index is 689. The summed E-state index contributed by atoms with van der Waals surface area (Å²) in [5.41, 5.74) is 0.342. The molecule has 0 radical (unpaired) electrons. The summed E-state index contributed by atoms with van der Waals surface area (Å²) in [5.74, 6) is -2.33. The summed E-state index contributed by atoms with van der Waals surface area (Å²) in [5, 5.41) is 2.30. The van der Waals surface area contributed by atoms with Crippen LogP contribution >= 0.6 is 0 Å². The highest BCUT2D eigenvalue weighted by Crippen LogP contribution is 2.07. The molecule has 0 aliphatic heterocycles. The lowest BCUT2D eigenvalue weighted by Gasteiger charge is -2.07. The Morgan fingerprint density at radius 1 is 1.05 bits per heavy atom. The van der Waals surface area contributed by atoms with Crippen molar-refractivity contribution in [3.05, 3.63) is 71.3 Å². The number of halogens is 2. The number of amides is 1. The van der Waals surface area contributed by atoms with Crippen molar-refractivity contribution < 1.29 is 23.1 Å². The van der Waals surface area contributed by atoms with E-state index in [1.165, 1.54) is 36.4 Å². The molecule has 0 aromatic heterocycles. The van der Waals surface area contributed by atoms with Crippen molar-refractivity contribution in [3.63, 3.8) is 0 Å². The fourth-order valence-electron chi connectivity index (χ4n) is 1.71. The summed E-state index contributed by atoms with van der Waals surface area (Å²) in [6.45, 7) is -0.606. The molecule has 1 N–H and O–H groups in total. The summed E-state index contributed by atoms with van der Waals surface area (Å²) < 4.78 is 31.1. The largest absolute Gasteiger partial charge is 0.459 e. The average molecular weight is 305 g/mol. The van der Waals surface area contributed by atoms with Crippen LogP contribution < -0.4 is 5.32 Å². The maximum atomic E-state index is 13.3. The maximum absolute atomic E-state index is 13.3. The van der Waals surface area contributed by atoms with Crippen LogP contribution in [-0.2, 0) is 16.1 Å². The van der Waals surface area contributed by atoms with Gasteiger partial charge >= 0.3 is 5.97 Å². The van der Waals surface area contributed by atoms with Gasteiger partial charge in [-0.1, -0.05) is 24.3 Å². The molecule has 0 bridgehead atoms. The molecule has 0 saturated heterocycles. The Kier molecular flexibility index (Phi) is 5.19. The van der Waals surface area contributed by atoms with E-state index in [-0.39, 0.29) is 24.3 Å². The Morgan fingerprint density at radius 3 is 2.55 bits per heavy atom. The van der Waals surface area contributed by atoms with E-state index in [9.17, 15) is 18.4 Å². The minimum Gasteiger partial charge on any atom is -0.459 e. The van der Waals surface area contributed by atoms with Crippen molar-refractivity contribution in [1.82, 2.24) is 5.32 Å². The van der Waals surface area contributed by atoms with Gasteiger partial charge in [0.1, 0.15) is 24.8 Å². The maximum Gasteiger partial charge on any atom is 0.325 e. The molecule has 0 fully saturated rings. The van der Waals surface area contributed by atoms with Crippen LogP contribution in [0.1, 0.15) is 15.9 Å². The van der Waals surface area contributed by atoms with Crippen molar-refractivity contribution in [2.75, 3.05) is 6.54 Å². The van der Waals surface area contributed by atoms with E-state index >= 15 is 0 Å². The molecule has 1 amide bonds. The number of nitrogens with one attached hydrogen (secondary N) is 1. The highest BCUT2D eigenvalue weighted by Gasteiger charge is 2.10. The van der Waals surface area contributed by atoms with Gasteiger partial charge in [-0.25, -0.2) is 8.78 Å². The second kappa shape index (κ2) is 7.31. The lowest BCUT2D eigenvalue weighted by molar-refractivity contribution is -0.143.